The summed E-state index contributed by atoms with van der Waals surface area (Å²) in [6.07, 6.45) is 3.02. The number of hydrogen-bond donors (Lipinski definition) is 2. The Morgan fingerprint density at radius 3 is 2.71 bits per heavy atom. The molecule has 1 aliphatic rings. The van der Waals surface area contributed by atoms with Crippen LogP contribution in [0.2, 0.25) is 10.0 Å². The van der Waals surface area contributed by atoms with E-state index in [4.69, 9.17) is 23.2 Å². The molecule has 2 rings (SSSR count). The Morgan fingerprint density at radius 1 is 1.38 bits per heavy atom. The fourth-order valence-electron chi connectivity index (χ4n) is 2.58. The first-order chi connectivity index (χ1) is 9.83. The Morgan fingerprint density at radius 2 is 2.10 bits per heavy atom. The highest BCUT2D eigenvalue weighted by Crippen LogP contribution is 2.33. The van der Waals surface area contributed by atoms with E-state index < -0.39 is 10.0 Å². The molecule has 0 bridgehead atoms. The topological polar surface area (TPSA) is 58.2 Å². The summed E-state index contributed by atoms with van der Waals surface area (Å²) in [6.45, 7) is 4.81. The van der Waals surface area contributed by atoms with Crippen molar-refractivity contribution < 1.29 is 8.42 Å². The quantitative estimate of drug-likeness (QED) is 0.857. The maximum Gasteiger partial charge on any atom is 0.242 e. The third-order valence-corrected chi connectivity index (χ3v) is 6.43. The third-order valence-electron chi connectivity index (χ3n) is 3.80. The molecule has 118 valence electrons. The van der Waals surface area contributed by atoms with Crippen LogP contribution in [0.15, 0.2) is 11.0 Å². The molecule has 0 aliphatic carbocycles. The molecule has 21 heavy (non-hydrogen) atoms. The van der Waals surface area contributed by atoms with Crippen LogP contribution in [0.1, 0.15) is 30.4 Å². The van der Waals surface area contributed by atoms with Crippen molar-refractivity contribution in [1.29, 1.82) is 0 Å². The van der Waals surface area contributed by atoms with E-state index >= 15 is 0 Å². The number of hydrogen-bond acceptors (Lipinski definition) is 3. The van der Waals surface area contributed by atoms with Crippen molar-refractivity contribution in [2.45, 2.75) is 44.0 Å². The summed E-state index contributed by atoms with van der Waals surface area (Å²) in [5, 5.41) is 3.99. The molecule has 0 spiro atoms. The van der Waals surface area contributed by atoms with E-state index in [1.807, 2.05) is 0 Å². The zero-order chi connectivity index (χ0) is 15.6. The summed E-state index contributed by atoms with van der Waals surface area (Å²) in [5.41, 5.74) is 1.14. The molecule has 0 unspecified atom stereocenters. The normalized spacial score (nSPS) is 19.1. The number of rotatable bonds is 5. The minimum absolute atomic E-state index is 0.0912. The van der Waals surface area contributed by atoms with Crippen molar-refractivity contribution in [1.82, 2.24) is 10.0 Å². The molecule has 0 amide bonds. The number of nitrogens with one attached hydrogen (secondary N) is 2. The van der Waals surface area contributed by atoms with Crippen LogP contribution in [-0.4, -0.2) is 27.5 Å². The summed E-state index contributed by atoms with van der Waals surface area (Å²) in [5.74, 6) is 0. The minimum Gasteiger partial charge on any atom is -0.314 e. The summed E-state index contributed by atoms with van der Waals surface area (Å²) in [6, 6.07) is 2.08. The highest BCUT2D eigenvalue weighted by molar-refractivity contribution is 7.89. The average Bonchev–Trinajstić information content (AvgIpc) is 2.89. The molecule has 1 saturated heterocycles. The number of aryl methyl sites for hydroxylation is 1. The maximum atomic E-state index is 12.5. The van der Waals surface area contributed by atoms with Gasteiger partial charge in [0.2, 0.25) is 10.0 Å². The molecule has 1 heterocycles. The highest BCUT2D eigenvalue weighted by Gasteiger charge is 2.24. The third kappa shape index (κ3) is 3.90. The molecule has 4 nitrogen and oxygen atoms in total. The van der Waals surface area contributed by atoms with Gasteiger partial charge in [-0.3, -0.25) is 0 Å². The molecule has 0 aromatic heterocycles. The van der Waals surface area contributed by atoms with E-state index in [9.17, 15) is 8.42 Å². The Kier molecular flexibility index (Phi) is 5.54. The summed E-state index contributed by atoms with van der Waals surface area (Å²) < 4.78 is 27.6. The molecular formula is C14H20Cl2N2O2S. The zero-order valence-corrected chi connectivity index (χ0v) is 14.5. The highest BCUT2D eigenvalue weighted by atomic mass is 35.5. The Balaban J connectivity index is 2.15. The largest absolute Gasteiger partial charge is 0.314 e. The van der Waals surface area contributed by atoms with Gasteiger partial charge in [0.15, 0.2) is 0 Å². The van der Waals surface area contributed by atoms with Crippen LogP contribution in [0.5, 0.6) is 0 Å². The summed E-state index contributed by atoms with van der Waals surface area (Å²) in [4.78, 5) is 0.0912. The standard InChI is InChI=1S/C14H20Cl2N2O2S/c1-9-8-12(15)10(2)14(13(9)16)21(19,20)18-7-5-11-4-3-6-17-11/h8,11,17-18H,3-7H2,1-2H3/t11-/m0/s1. The van der Waals surface area contributed by atoms with E-state index in [-0.39, 0.29) is 9.92 Å². The molecule has 1 aliphatic heterocycles. The lowest BCUT2D eigenvalue weighted by molar-refractivity contribution is 0.539. The Bertz CT molecular complexity index is 600. The second kappa shape index (κ2) is 6.84. The van der Waals surface area contributed by atoms with Gasteiger partial charge in [0, 0.05) is 17.6 Å². The minimum atomic E-state index is -3.65. The Labute approximate surface area is 136 Å². The molecule has 1 aromatic carbocycles. The lowest BCUT2D eigenvalue weighted by Crippen LogP contribution is -2.31. The molecule has 1 aromatic rings. The summed E-state index contributed by atoms with van der Waals surface area (Å²) >= 11 is 12.2. The second-order valence-corrected chi connectivity index (χ2v) is 7.91. The van der Waals surface area contributed by atoms with Gasteiger partial charge in [-0.1, -0.05) is 23.2 Å². The number of sulfonamides is 1. The monoisotopic (exact) mass is 350 g/mol. The lowest BCUT2D eigenvalue weighted by Gasteiger charge is -2.15. The molecule has 7 heteroatoms. The first-order valence-corrected chi connectivity index (χ1v) is 9.25. The van der Waals surface area contributed by atoms with Crippen molar-refractivity contribution in [3.8, 4) is 0 Å². The predicted octanol–water partition coefficient (Wildman–Crippen LogP) is 3.03. The van der Waals surface area contributed by atoms with Gasteiger partial charge in [-0.25, -0.2) is 13.1 Å². The van der Waals surface area contributed by atoms with E-state index in [0.717, 1.165) is 25.8 Å². The Hall–Kier alpha value is -0.330. The zero-order valence-electron chi connectivity index (χ0n) is 12.2. The molecule has 1 atom stereocenters. The smallest absolute Gasteiger partial charge is 0.242 e. The molecule has 0 radical (unpaired) electrons. The van der Waals surface area contributed by atoms with Crippen LogP contribution in [0.25, 0.3) is 0 Å². The fourth-order valence-corrected chi connectivity index (χ4v) is 4.83. The van der Waals surface area contributed by atoms with Crippen molar-refractivity contribution >= 4 is 33.2 Å². The van der Waals surface area contributed by atoms with Crippen LogP contribution in [0.3, 0.4) is 0 Å². The van der Waals surface area contributed by atoms with Crippen LogP contribution in [0, 0.1) is 13.8 Å². The van der Waals surface area contributed by atoms with Gasteiger partial charge in [-0.15, -0.1) is 0 Å². The van der Waals surface area contributed by atoms with Crippen molar-refractivity contribution in [2.75, 3.05) is 13.1 Å². The average molecular weight is 351 g/mol. The van der Waals surface area contributed by atoms with Crippen molar-refractivity contribution in [3.05, 3.63) is 27.2 Å². The van der Waals surface area contributed by atoms with E-state index in [0.29, 0.717) is 28.7 Å². The SMILES string of the molecule is Cc1cc(Cl)c(C)c(S(=O)(=O)NCC[C@@H]2CCCN2)c1Cl. The summed E-state index contributed by atoms with van der Waals surface area (Å²) in [7, 11) is -3.65. The van der Waals surface area contributed by atoms with E-state index in [1.165, 1.54) is 0 Å². The van der Waals surface area contributed by atoms with E-state index in [2.05, 4.69) is 10.0 Å². The number of benzene rings is 1. The lowest BCUT2D eigenvalue weighted by atomic mass is 10.2. The van der Waals surface area contributed by atoms with Crippen LogP contribution < -0.4 is 10.0 Å². The van der Waals surface area contributed by atoms with Gasteiger partial charge < -0.3 is 5.32 Å². The molecule has 1 fully saturated rings. The van der Waals surface area contributed by atoms with Crippen LogP contribution in [-0.2, 0) is 10.0 Å². The van der Waals surface area contributed by atoms with Crippen molar-refractivity contribution in [2.24, 2.45) is 0 Å². The second-order valence-electron chi connectivity index (χ2n) is 5.42. The maximum absolute atomic E-state index is 12.5. The first kappa shape index (κ1) is 17.0. The van der Waals surface area contributed by atoms with E-state index in [1.54, 1.807) is 19.9 Å². The number of halogens is 2. The predicted molar refractivity (Wildman–Crippen MR) is 86.8 cm³/mol. The molecule has 0 saturated carbocycles. The van der Waals surface area contributed by atoms with Crippen LogP contribution >= 0.6 is 23.2 Å². The van der Waals surface area contributed by atoms with Gasteiger partial charge in [0.25, 0.3) is 0 Å². The first-order valence-electron chi connectivity index (χ1n) is 7.01. The fraction of sp³-hybridized carbons (Fsp3) is 0.571. The van der Waals surface area contributed by atoms with Gasteiger partial charge in [-0.2, -0.15) is 0 Å². The van der Waals surface area contributed by atoms with Gasteiger partial charge >= 0.3 is 0 Å². The van der Waals surface area contributed by atoms with Gasteiger partial charge in [-0.05, 0) is 56.8 Å². The van der Waals surface area contributed by atoms with Crippen molar-refractivity contribution in [3.63, 3.8) is 0 Å². The van der Waals surface area contributed by atoms with Gasteiger partial charge in [0.1, 0.15) is 4.90 Å². The molecule has 2 N–H and O–H groups in total. The van der Waals surface area contributed by atoms with Gasteiger partial charge in [0.05, 0.1) is 5.02 Å². The molecular weight excluding hydrogens is 331 g/mol. The van der Waals surface area contributed by atoms with Crippen LogP contribution in [0.4, 0.5) is 0 Å².